The summed E-state index contributed by atoms with van der Waals surface area (Å²) >= 11 is 0. The summed E-state index contributed by atoms with van der Waals surface area (Å²) in [5.74, 6) is 1.31. The Balaban J connectivity index is 0.00000432. The number of guanidine groups is 1. The van der Waals surface area contributed by atoms with E-state index in [0.717, 1.165) is 69.4 Å². The molecule has 9 heteroatoms. The molecule has 1 atom stereocenters. The summed E-state index contributed by atoms with van der Waals surface area (Å²) in [5, 5.41) is 10.6. The molecule has 2 heterocycles. The zero-order valence-electron chi connectivity index (χ0n) is 21.7. The third kappa shape index (κ3) is 7.26. The van der Waals surface area contributed by atoms with Gasteiger partial charge in [-0.1, -0.05) is 26.8 Å². The third-order valence-corrected chi connectivity index (χ3v) is 6.59. The molecule has 0 amide bonds. The lowest BCUT2D eigenvalue weighted by molar-refractivity contribution is -0.550. The molecule has 0 spiro atoms. The lowest BCUT2D eigenvalue weighted by atomic mass is 9.84. The minimum absolute atomic E-state index is 0. The predicted molar refractivity (Wildman–Crippen MR) is 131 cm³/mol. The van der Waals surface area contributed by atoms with Crippen LogP contribution in [0.4, 0.5) is 4.79 Å². The van der Waals surface area contributed by atoms with Gasteiger partial charge >= 0.3 is 12.1 Å². The van der Waals surface area contributed by atoms with Gasteiger partial charge in [0.05, 0.1) is 45.4 Å². The Labute approximate surface area is 215 Å². The molecule has 1 aromatic carbocycles. The van der Waals surface area contributed by atoms with Crippen LogP contribution in [0.2, 0.25) is 0 Å². The van der Waals surface area contributed by atoms with E-state index in [4.69, 9.17) is 4.74 Å². The first-order valence-corrected chi connectivity index (χ1v) is 12.3. The van der Waals surface area contributed by atoms with Crippen molar-refractivity contribution in [2.24, 2.45) is 0 Å². The predicted octanol–water partition coefficient (Wildman–Crippen LogP) is 0.390. The summed E-state index contributed by atoms with van der Waals surface area (Å²) in [6.45, 7) is 13.7. The molecule has 0 aromatic heterocycles. The van der Waals surface area contributed by atoms with E-state index in [0.29, 0.717) is 18.5 Å². The number of hydrogen-bond acceptors (Lipinski definition) is 7. The second-order valence-electron chi connectivity index (χ2n) is 10.4. The molecule has 2 aliphatic heterocycles. The van der Waals surface area contributed by atoms with Crippen molar-refractivity contribution in [1.82, 2.24) is 9.80 Å². The van der Waals surface area contributed by atoms with E-state index in [9.17, 15) is 14.7 Å². The summed E-state index contributed by atoms with van der Waals surface area (Å²) in [6, 6.07) is 3.83. The van der Waals surface area contributed by atoms with Crippen molar-refractivity contribution in [2.75, 3.05) is 46.4 Å². The van der Waals surface area contributed by atoms with Gasteiger partial charge in [-0.25, -0.2) is 4.79 Å². The highest BCUT2D eigenvalue weighted by Gasteiger charge is 2.36. The Hall–Kier alpha value is -2.48. The topological polar surface area (TPSA) is 82.3 Å². The van der Waals surface area contributed by atoms with E-state index in [1.165, 1.54) is 13.1 Å². The highest BCUT2D eigenvalue weighted by molar-refractivity contribution is 5.80. The lowest BCUT2D eigenvalue weighted by Gasteiger charge is -2.37. The number of ether oxygens (including phenoxy) is 2. The number of rotatable bonds is 8. The van der Waals surface area contributed by atoms with Gasteiger partial charge in [0.2, 0.25) is 0 Å². The Morgan fingerprint density at radius 1 is 1.20 bits per heavy atom. The van der Waals surface area contributed by atoms with E-state index in [-0.39, 0.29) is 29.7 Å². The van der Waals surface area contributed by atoms with Crippen LogP contribution < -0.4 is 12.4 Å². The fourth-order valence-electron chi connectivity index (χ4n) is 4.85. The maximum Gasteiger partial charge on any atom is 0.508 e. The third-order valence-electron chi connectivity index (χ3n) is 6.59. The molecular formula is C26H40ClN3O5. The zero-order chi connectivity index (χ0) is 24.9. The summed E-state index contributed by atoms with van der Waals surface area (Å²) < 4.78 is 12.4. The van der Waals surface area contributed by atoms with E-state index in [1.54, 1.807) is 6.07 Å². The van der Waals surface area contributed by atoms with Crippen LogP contribution in [0.1, 0.15) is 68.4 Å². The standard InChI is InChI=1S/C26H39N3O5.ClH/c1-19(34-25(32)33-5)17-29-14-8-13-28-12-7-11-27(24(28)29)10-6-9-20-15-22(26(2,3)4)16-21(18-30)23(20)31;/h15-16,18-19H,6-14,17H2,1-5H3;1H. The maximum absolute atomic E-state index is 11.5. The van der Waals surface area contributed by atoms with Crippen molar-refractivity contribution >= 4 is 18.4 Å². The average molecular weight is 510 g/mol. The lowest BCUT2D eigenvalue weighted by Crippen LogP contribution is -3.00. The Bertz CT molecular complexity index is 924. The number of hydrogen-bond donors (Lipinski definition) is 1. The summed E-state index contributed by atoms with van der Waals surface area (Å²) in [4.78, 5) is 27.8. The van der Waals surface area contributed by atoms with Crippen LogP contribution in [-0.2, 0) is 21.3 Å². The molecule has 0 fully saturated rings. The van der Waals surface area contributed by atoms with Gasteiger partial charge in [0, 0.05) is 12.8 Å². The fraction of sp³-hybridized carbons (Fsp3) is 0.654. The van der Waals surface area contributed by atoms with Gasteiger partial charge in [0.25, 0.3) is 0 Å². The highest BCUT2D eigenvalue weighted by atomic mass is 35.5. The molecule has 35 heavy (non-hydrogen) atoms. The molecule has 196 valence electrons. The first kappa shape index (κ1) is 28.8. The molecule has 0 radical (unpaired) electrons. The van der Waals surface area contributed by atoms with E-state index in [1.807, 2.05) is 13.0 Å². The fourth-order valence-corrected chi connectivity index (χ4v) is 4.85. The largest absolute Gasteiger partial charge is 1.00 e. The molecule has 1 aromatic rings. The van der Waals surface area contributed by atoms with Crippen LogP contribution in [0.15, 0.2) is 12.1 Å². The van der Waals surface area contributed by atoms with E-state index in [2.05, 4.69) is 39.9 Å². The number of nitrogens with zero attached hydrogens (tertiary/aromatic N) is 3. The number of benzene rings is 1. The van der Waals surface area contributed by atoms with Crippen molar-refractivity contribution in [2.45, 2.75) is 64.9 Å². The van der Waals surface area contributed by atoms with Gasteiger partial charge in [-0.2, -0.15) is 0 Å². The number of carbonyl (C=O) groups is 2. The van der Waals surface area contributed by atoms with Gasteiger partial charge in [-0.3, -0.25) is 19.2 Å². The monoisotopic (exact) mass is 509 g/mol. The average Bonchev–Trinajstić information content (AvgIpc) is 2.79. The first-order valence-electron chi connectivity index (χ1n) is 12.3. The maximum atomic E-state index is 11.5. The molecular weight excluding hydrogens is 470 g/mol. The molecule has 1 unspecified atom stereocenters. The molecule has 2 aliphatic rings. The van der Waals surface area contributed by atoms with Gasteiger partial charge in [0.15, 0.2) is 6.29 Å². The van der Waals surface area contributed by atoms with Crippen molar-refractivity contribution in [1.29, 1.82) is 0 Å². The number of halogens is 1. The van der Waals surface area contributed by atoms with Crippen LogP contribution in [0, 0.1) is 0 Å². The molecule has 8 nitrogen and oxygen atoms in total. The van der Waals surface area contributed by atoms with Crippen LogP contribution in [0.5, 0.6) is 5.75 Å². The van der Waals surface area contributed by atoms with Crippen molar-refractivity contribution in [3.05, 3.63) is 28.8 Å². The van der Waals surface area contributed by atoms with Crippen LogP contribution >= 0.6 is 0 Å². The Morgan fingerprint density at radius 3 is 2.46 bits per heavy atom. The molecule has 0 saturated heterocycles. The van der Waals surface area contributed by atoms with Crippen molar-refractivity contribution in [3.8, 4) is 5.75 Å². The molecule has 1 N–H and O–H groups in total. The zero-order valence-corrected chi connectivity index (χ0v) is 22.4. The van der Waals surface area contributed by atoms with Crippen LogP contribution in [0.25, 0.3) is 0 Å². The summed E-state index contributed by atoms with van der Waals surface area (Å²) in [6.07, 6.45) is 3.54. The molecule has 0 bridgehead atoms. The van der Waals surface area contributed by atoms with Crippen molar-refractivity contribution in [3.63, 3.8) is 0 Å². The van der Waals surface area contributed by atoms with Crippen LogP contribution in [0.3, 0.4) is 0 Å². The number of aryl methyl sites for hydroxylation is 1. The number of aromatic hydroxyl groups is 1. The summed E-state index contributed by atoms with van der Waals surface area (Å²) in [5.41, 5.74) is 2.14. The number of methoxy groups -OCH3 is 1. The van der Waals surface area contributed by atoms with Gasteiger partial charge in [-0.15, -0.1) is 0 Å². The van der Waals surface area contributed by atoms with Gasteiger partial charge in [-0.05, 0) is 42.4 Å². The second kappa shape index (κ2) is 12.5. The van der Waals surface area contributed by atoms with Crippen LogP contribution in [-0.4, -0.2) is 90.4 Å². The Morgan fingerprint density at radius 2 is 1.86 bits per heavy atom. The number of carbonyl (C=O) groups excluding carboxylic acids is 2. The molecule has 3 rings (SSSR count). The minimum Gasteiger partial charge on any atom is -1.00 e. The summed E-state index contributed by atoms with van der Waals surface area (Å²) in [7, 11) is 1.32. The first-order chi connectivity index (χ1) is 16.1. The van der Waals surface area contributed by atoms with E-state index < -0.39 is 6.16 Å². The van der Waals surface area contributed by atoms with Crippen molar-refractivity contribution < 1.29 is 41.2 Å². The van der Waals surface area contributed by atoms with E-state index >= 15 is 0 Å². The number of phenolic OH excluding ortho intramolecular Hbond substituents is 1. The number of phenols is 1. The highest BCUT2D eigenvalue weighted by Crippen LogP contribution is 2.31. The smallest absolute Gasteiger partial charge is 0.508 e. The molecule has 0 aliphatic carbocycles. The molecule has 0 saturated carbocycles. The Kier molecular flexibility index (Phi) is 10.2. The number of aldehydes is 1. The van der Waals surface area contributed by atoms with Gasteiger partial charge < -0.3 is 27.0 Å². The van der Waals surface area contributed by atoms with Gasteiger partial charge in [0.1, 0.15) is 18.4 Å². The normalized spacial score (nSPS) is 16.8. The minimum atomic E-state index is -0.654. The SMILES string of the molecule is COC(=O)OC(C)CN1CCC[N+]2=C1N(CCCc1cc(C(C)(C)C)cc(C=O)c1O)CCC2.[Cl-]. The quantitative estimate of drug-likeness (QED) is 0.308. The second-order valence-corrected chi connectivity index (χ2v) is 10.4.